The van der Waals surface area contributed by atoms with Crippen molar-refractivity contribution in [2.24, 2.45) is 10.9 Å². The van der Waals surface area contributed by atoms with Gasteiger partial charge in [0, 0.05) is 12.4 Å². The molecule has 1 aromatic rings. The summed E-state index contributed by atoms with van der Waals surface area (Å²) < 4.78 is 31.4. The van der Waals surface area contributed by atoms with Gasteiger partial charge < -0.3 is 4.74 Å². The van der Waals surface area contributed by atoms with E-state index in [1.54, 1.807) is 32.2 Å². The summed E-state index contributed by atoms with van der Waals surface area (Å²) in [5, 5.41) is 7.14. The Morgan fingerprint density at radius 2 is 2.15 bits per heavy atom. The van der Waals surface area contributed by atoms with Crippen molar-refractivity contribution in [1.82, 2.24) is 9.88 Å². The van der Waals surface area contributed by atoms with E-state index in [4.69, 9.17) is 21.7 Å². The lowest BCUT2D eigenvalue weighted by Gasteiger charge is -2.34. The highest BCUT2D eigenvalue weighted by Gasteiger charge is 2.34. The Morgan fingerprint density at radius 3 is 2.62 bits per heavy atom. The number of alkyl halides is 2. The summed E-state index contributed by atoms with van der Waals surface area (Å²) in [7, 11) is 0. The molecule has 0 spiro atoms. The molecule has 144 valence electrons. The van der Waals surface area contributed by atoms with Gasteiger partial charge in [-0.15, -0.1) is 0 Å². The molecule has 1 N–H and O–H groups in total. The molecule has 0 saturated heterocycles. The van der Waals surface area contributed by atoms with Crippen molar-refractivity contribution < 1.29 is 18.3 Å². The maximum Gasteiger partial charge on any atom is 0.411 e. The van der Waals surface area contributed by atoms with E-state index in [1.165, 1.54) is 6.20 Å². The molecule has 6 nitrogen and oxygen atoms in total. The first-order chi connectivity index (χ1) is 12.0. The average Bonchev–Trinajstić information content (AvgIpc) is 2.53. The first kappa shape index (κ1) is 22.0. The van der Waals surface area contributed by atoms with E-state index in [0.29, 0.717) is 10.6 Å². The monoisotopic (exact) mass is 388 g/mol. The molecule has 0 aliphatic rings. The van der Waals surface area contributed by atoms with Gasteiger partial charge >= 0.3 is 6.09 Å². The zero-order chi connectivity index (χ0) is 19.9. The first-order valence-corrected chi connectivity index (χ1v) is 8.38. The lowest BCUT2D eigenvalue weighted by molar-refractivity contribution is -0.0226. The number of nitrogens with zero attached hydrogens (tertiary/aromatic N) is 3. The second kappa shape index (κ2) is 9.56. The lowest BCUT2D eigenvalue weighted by Crippen LogP contribution is -2.50. The van der Waals surface area contributed by atoms with Crippen LogP contribution in [0, 0.1) is 11.3 Å². The summed E-state index contributed by atoms with van der Waals surface area (Å²) in [6, 6.07) is 2.00. The van der Waals surface area contributed by atoms with Gasteiger partial charge in [-0.1, -0.05) is 25.4 Å². The fraction of sp³-hybridized carbons (Fsp3) is 0.529. The molecule has 0 aromatic carbocycles. The number of amides is 1. The minimum absolute atomic E-state index is 0.0437. The third-order valence-electron chi connectivity index (χ3n) is 3.92. The number of hydrogen-bond acceptors (Lipinski definition) is 5. The lowest BCUT2D eigenvalue weighted by atomic mass is 9.95. The number of halogens is 3. The van der Waals surface area contributed by atoms with Crippen LogP contribution in [0.15, 0.2) is 29.5 Å². The van der Waals surface area contributed by atoms with Crippen molar-refractivity contribution in [3.05, 3.63) is 24.5 Å². The highest BCUT2D eigenvalue weighted by molar-refractivity contribution is 6.67. The number of aromatic nitrogens is 1. The predicted molar refractivity (Wildman–Crippen MR) is 97.9 cm³/mol. The van der Waals surface area contributed by atoms with Gasteiger partial charge in [0.1, 0.15) is 16.8 Å². The summed E-state index contributed by atoms with van der Waals surface area (Å²) in [6.45, 7) is 6.11. The van der Waals surface area contributed by atoms with E-state index in [0.717, 1.165) is 6.21 Å². The van der Waals surface area contributed by atoms with Gasteiger partial charge in [0.05, 0.1) is 18.4 Å². The minimum atomic E-state index is -2.82. The van der Waals surface area contributed by atoms with Gasteiger partial charge in [-0.3, -0.25) is 20.3 Å². The Hall–Kier alpha value is -2.09. The molecule has 1 amide bonds. The first-order valence-electron chi connectivity index (χ1n) is 8.00. The van der Waals surface area contributed by atoms with E-state index in [1.807, 2.05) is 13.8 Å². The summed E-state index contributed by atoms with van der Waals surface area (Å²) in [5.74, 6) is -0.0437. The zero-order valence-electron chi connectivity index (χ0n) is 15.1. The quantitative estimate of drug-likeness (QED) is 0.665. The third-order valence-corrected chi connectivity index (χ3v) is 4.14. The largest absolute Gasteiger partial charge is 0.443 e. The molecular formula is C17H23ClF2N4O2. The van der Waals surface area contributed by atoms with Gasteiger partial charge in [-0.05, 0) is 31.9 Å². The Bertz CT molecular complexity index is 639. The molecule has 1 aromatic heterocycles. The summed E-state index contributed by atoms with van der Waals surface area (Å²) in [4.78, 5) is 21.1. The van der Waals surface area contributed by atoms with Gasteiger partial charge in [0.2, 0.25) is 0 Å². The average molecular weight is 389 g/mol. The molecule has 1 heterocycles. The van der Waals surface area contributed by atoms with Crippen molar-refractivity contribution >= 4 is 34.8 Å². The molecule has 0 aliphatic carbocycles. The second-order valence-electron chi connectivity index (χ2n) is 6.45. The van der Waals surface area contributed by atoms with Gasteiger partial charge in [0.15, 0.2) is 0 Å². The fourth-order valence-electron chi connectivity index (χ4n) is 1.72. The van der Waals surface area contributed by atoms with Gasteiger partial charge in [-0.25, -0.2) is 13.6 Å². The number of hydrogen-bond donors (Lipinski definition) is 1. The smallest absolute Gasteiger partial charge is 0.411 e. The predicted octanol–water partition coefficient (Wildman–Crippen LogP) is 4.51. The van der Waals surface area contributed by atoms with Crippen LogP contribution < -0.4 is 0 Å². The highest BCUT2D eigenvalue weighted by atomic mass is 35.5. The maximum absolute atomic E-state index is 13.0. The Morgan fingerprint density at radius 1 is 1.50 bits per heavy atom. The fourth-order valence-corrected chi connectivity index (χ4v) is 1.90. The number of ether oxygens (including phenoxy) is 1. The minimum Gasteiger partial charge on any atom is -0.443 e. The van der Waals surface area contributed by atoms with Crippen LogP contribution in [-0.4, -0.2) is 52.0 Å². The van der Waals surface area contributed by atoms with Crippen molar-refractivity contribution in [2.75, 3.05) is 6.54 Å². The van der Waals surface area contributed by atoms with Crippen LogP contribution in [0.2, 0.25) is 0 Å². The van der Waals surface area contributed by atoms with Crippen LogP contribution in [0.3, 0.4) is 0 Å². The van der Waals surface area contributed by atoms with Crippen LogP contribution in [0.4, 0.5) is 19.3 Å². The van der Waals surface area contributed by atoms with Crippen LogP contribution in [0.1, 0.15) is 27.7 Å². The van der Waals surface area contributed by atoms with Crippen LogP contribution >= 0.6 is 11.6 Å². The summed E-state index contributed by atoms with van der Waals surface area (Å²) in [6.07, 6.45) is 0.336. The Kier molecular flexibility index (Phi) is 8.08. The number of rotatable bonds is 8. The van der Waals surface area contributed by atoms with Crippen LogP contribution in [0.25, 0.3) is 0 Å². The number of aliphatic imine (C=N–C) groups is 1. The number of nitrogens with one attached hydrogen (secondary N) is 1. The van der Waals surface area contributed by atoms with Crippen molar-refractivity contribution in [2.45, 2.75) is 45.8 Å². The van der Waals surface area contributed by atoms with Crippen LogP contribution in [0.5, 0.6) is 0 Å². The van der Waals surface area contributed by atoms with E-state index >= 15 is 0 Å². The van der Waals surface area contributed by atoms with Crippen LogP contribution in [-0.2, 0) is 4.74 Å². The maximum atomic E-state index is 13.0. The molecule has 1 unspecified atom stereocenters. The van der Waals surface area contributed by atoms with Crippen molar-refractivity contribution in [3.63, 3.8) is 0 Å². The molecule has 0 fully saturated rings. The number of carbonyl (C=O) groups is 1. The Labute approximate surface area is 156 Å². The van der Waals surface area contributed by atoms with Gasteiger partial charge in [0.25, 0.3) is 6.43 Å². The standard InChI is InChI=1S/C17H23ClF2N4O2/c1-11(2)17(3,4)26-16(25)24(10-14(19)20)13(15(18)21)9-23-12-6-5-7-22-8-12/h5-9,11,13-14,21H,10H2,1-4H3. The summed E-state index contributed by atoms with van der Waals surface area (Å²) >= 11 is 5.75. The highest BCUT2D eigenvalue weighted by Crippen LogP contribution is 2.23. The molecule has 26 heavy (non-hydrogen) atoms. The molecule has 1 atom stereocenters. The van der Waals surface area contributed by atoms with E-state index in [9.17, 15) is 13.6 Å². The van der Waals surface area contributed by atoms with Crippen molar-refractivity contribution in [1.29, 1.82) is 5.41 Å². The molecular weight excluding hydrogens is 366 g/mol. The Balaban J connectivity index is 3.10. The normalized spacial score (nSPS) is 13.3. The third kappa shape index (κ3) is 6.67. The van der Waals surface area contributed by atoms with Gasteiger partial charge in [-0.2, -0.15) is 0 Å². The molecule has 0 bridgehead atoms. The zero-order valence-corrected chi connectivity index (χ0v) is 15.9. The summed E-state index contributed by atoms with van der Waals surface area (Å²) in [5.41, 5.74) is -0.444. The van der Waals surface area contributed by atoms with E-state index in [2.05, 4.69) is 9.98 Å². The SMILES string of the molecule is CC(C)C(C)(C)OC(=O)N(CC(F)F)C(C=Nc1cccnc1)C(=N)Cl. The van der Waals surface area contributed by atoms with Crippen molar-refractivity contribution in [3.8, 4) is 0 Å². The topological polar surface area (TPSA) is 78.6 Å². The number of carbonyl (C=O) groups excluding carboxylic acids is 1. The van der Waals surface area contributed by atoms with E-state index in [-0.39, 0.29) is 5.92 Å². The molecule has 0 aliphatic heterocycles. The number of pyridine rings is 1. The van der Waals surface area contributed by atoms with E-state index < -0.39 is 35.9 Å². The molecule has 0 radical (unpaired) electrons. The second-order valence-corrected chi connectivity index (χ2v) is 6.86. The molecule has 1 rings (SSSR count). The molecule has 9 heteroatoms. The molecule has 0 saturated carbocycles.